The number of nitrogens with two attached hydrogens (primary N) is 1. The van der Waals surface area contributed by atoms with Gasteiger partial charge in [0.25, 0.3) is 5.91 Å². The van der Waals surface area contributed by atoms with Gasteiger partial charge >= 0.3 is 0 Å². The van der Waals surface area contributed by atoms with Gasteiger partial charge in [0.1, 0.15) is 5.82 Å². The van der Waals surface area contributed by atoms with Crippen molar-refractivity contribution in [3.05, 3.63) is 53.6 Å². The summed E-state index contributed by atoms with van der Waals surface area (Å²) in [6.07, 6.45) is 2.83. The average Bonchev–Trinajstić information content (AvgIpc) is 2.33. The quantitative estimate of drug-likeness (QED) is 0.853. The van der Waals surface area contributed by atoms with Gasteiger partial charge in [0.15, 0.2) is 0 Å². The molecule has 0 aliphatic rings. The summed E-state index contributed by atoms with van der Waals surface area (Å²) in [6, 6.07) is 6.07. The van der Waals surface area contributed by atoms with Crippen LogP contribution in [0.3, 0.4) is 0 Å². The summed E-state index contributed by atoms with van der Waals surface area (Å²) in [7, 11) is 0. The Hall–Kier alpha value is -2.43. The van der Waals surface area contributed by atoms with Gasteiger partial charge in [-0.3, -0.25) is 9.78 Å². The molecule has 0 aliphatic heterocycles. The van der Waals surface area contributed by atoms with Gasteiger partial charge in [0.2, 0.25) is 0 Å². The van der Waals surface area contributed by atoms with E-state index >= 15 is 0 Å². The predicted molar refractivity (Wildman–Crippen MR) is 67.7 cm³/mol. The molecule has 0 saturated carbocycles. The number of hydrogen-bond acceptors (Lipinski definition) is 3. The number of nitrogens with one attached hydrogen (secondary N) is 1. The summed E-state index contributed by atoms with van der Waals surface area (Å²) in [5.74, 6) is -0.936. The van der Waals surface area contributed by atoms with Crippen LogP contribution in [0.4, 0.5) is 15.8 Å². The number of carbonyl (C=O) groups excluding carboxylic acids is 1. The van der Waals surface area contributed by atoms with Gasteiger partial charge in [0.05, 0.1) is 23.1 Å². The lowest BCUT2D eigenvalue weighted by atomic mass is 10.2. The first-order chi connectivity index (χ1) is 8.58. The number of halogens is 1. The second-order valence-electron chi connectivity index (χ2n) is 3.90. The number of hydrogen-bond donors (Lipinski definition) is 2. The summed E-state index contributed by atoms with van der Waals surface area (Å²) in [6.45, 7) is 1.77. The number of pyridine rings is 1. The first kappa shape index (κ1) is 12.0. The topological polar surface area (TPSA) is 68.0 Å². The molecule has 0 saturated heterocycles. The number of carbonyl (C=O) groups is 1. The van der Waals surface area contributed by atoms with Crippen LogP contribution in [0, 0.1) is 12.7 Å². The molecule has 0 atom stereocenters. The molecule has 18 heavy (non-hydrogen) atoms. The van der Waals surface area contributed by atoms with Gasteiger partial charge in [-0.2, -0.15) is 0 Å². The molecule has 1 aromatic heterocycles. The van der Waals surface area contributed by atoms with Crippen LogP contribution in [0.5, 0.6) is 0 Å². The van der Waals surface area contributed by atoms with Crippen LogP contribution in [-0.2, 0) is 0 Å². The van der Waals surface area contributed by atoms with Gasteiger partial charge < -0.3 is 11.1 Å². The van der Waals surface area contributed by atoms with E-state index in [1.54, 1.807) is 13.0 Å². The molecule has 3 N–H and O–H groups in total. The van der Waals surface area contributed by atoms with Crippen molar-refractivity contribution in [2.45, 2.75) is 6.92 Å². The fraction of sp³-hybridized carbons (Fsp3) is 0.0769. The largest absolute Gasteiger partial charge is 0.397 e. The SMILES string of the molecule is Cc1ccc(NC(=O)c2ccncc2N)c(F)c1. The van der Waals surface area contributed by atoms with Crippen LogP contribution in [0.15, 0.2) is 36.7 Å². The minimum atomic E-state index is -0.476. The van der Waals surface area contributed by atoms with Crippen molar-refractivity contribution in [3.8, 4) is 0 Å². The third-order valence-electron chi connectivity index (χ3n) is 2.47. The number of anilines is 2. The molecule has 92 valence electrons. The van der Waals surface area contributed by atoms with Crippen LogP contribution in [-0.4, -0.2) is 10.9 Å². The van der Waals surface area contributed by atoms with Crippen LogP contribution in [0.1, 0.15) is 15.9 Å². The van der Waals surface area contributed by atoms with E-state index in [9.17, 15) is 9.18 Å². The zero-order valence-corrected chi connectivity index (χ0v) is 9.77. The van der Waals surface area contributed by atoms with Crippen molar-refractivity contribution in [1.82, 2.24) is 4.98 Å². The number of rotatable bonds is 2. The fourth-order valence-electron chi connectivity index (χ4n) is 1.52. The molecule has 2 aromatic rings. The predicted octanol–water partition coefficient (Wildman–Crippen LogP) is 2.36. The number of aryl methyl sites for hydroxylation is 1. The van der Waals surface area contributed by atoms with E-state index in [0.29, 0.717) is 0 Å². The summed E-state index contributed by atoms with van der Waals surface area (Å²) in [4.78, 5) is 15.7. The number of benzene rings is 1. The summed E-state index contributed by atoms with van der Waals surface area (Å²) in [5, 5.41) is 2.47. The Morgan fingerprint density at radius 3 is 2.83 bits per heavy atom. The molecule has 1 heterocycles. The van der Waals surface area contributed by atoms with Gasteiger partial charge in [-0.1, -0.05) is 6.07 Å². The van der Waals surface area contributed by atoms with E-state index in [-0.39, 0.29) is 16.9 Å². The Morgan fingerprint density at radius 2 is 2.17 bits per heavy atom. The minimum Gasteiger partial charge on any atom is -0.397 e. The molecule has 5 heteroatoms. The molecule has 0 aliphatic carbocycles. The summed E-state index contributed by atoms with van der Waals surface area (Å²) in [5.41, 5.74) is 7.05. The lowest BCUT2D eigenvalue weighted by molar-refractivity contribution is 0.102. The summed E-state index contributed by atoms with van der Waals surface area (Å²) < 4.78 is 13.6. The first-order valence-electron chi connectivity index (χ1n) is 5.35. The maximum Gasteiger partial charge on any atom is 0.257 e. The normalized spacial score (nSPS) is 10.1. The van der Waals surface area contributed by atoms with Gasteiger partial charge in [0, 0.05) is 6.20 Å². The molecule has 0 spiro atoms. The van der Waals surface area contributed by atoms with Crippen molar-refractivity contribution in [2.24, 2.45) is 0 Å². The minimum absolute atomic E-state index is 0.127. The molecular formula is C13H12FN3O. The number of nitrogen functional groups attached to an aromatic ring is 1. The fourth-order valence-corrected chi connectivity index (χ4v) is 1.52. The van der Waals surface area contributed by atoms with E-state index in [0.717, 1.165) is 5.56 Å². The van der Waals surface area contributed by atoms with Gasteiger partial charge in [-0.15, -0.1) is 0 Å². The third kappa shape index (κ3) is 2.45. The Labute approximate surface area is 104 Å². The second kappa shape index (κ2) is 4.83. The highest BCUT2D eigenvalue weighted by Crippen LogP contribution is 2.17. The molecule has 1 aromatic carbocycles. The van der Waals surface area contributed by atoms with E-state index < -0.39 is 11.7 Å². The van der Waals surface area contributed by atoms with E-state index in [4.69, 9.17) is 5.73 Å². The molecule has 0 fully saturated rings. The Bertz CT molecular complexity index is 599. The molecule has 4 nitrogen and oxygen atoms in total. The monoisotopic (exact) mass is 245 g/mol. The standard InChI is InChI=1S/C13H12FN3O/c1-8-2-3-12(10(14)6-8)17-13(18)9-4-5-16-7-11(9)15/h2-7H,15H2,1H3,(H,17,18). The van der Waals surface area contributed by atoms with Crippen molar-refractivity contribution < 1.29 is 9.18 Å². The zero-order chi connectivity index (χ0) is 13.1. The van der Waals surface area contributed by atoms with Crippen LogP contribution < -0.4 is 11.1 Å². The van der Waals surface area contributed by atoms with Crippen LogP contribution in [0.2, 0.25) is 0 Å². The molecule has 0 bridgehead atoms. The maximum atomic E-state index is 13.6. The number of amides is 1. The first-order valence-corrected chi connectivity index (χ1v) is 5.35. The van der Waals surface area contributed by atoms with E-state index in [2.05, 4.69) is 10.3 Å². The Kier molecular flexibility index (Phi) is 3.23. The lowest BCUT2D eigenvalue weighted by Crippen LogP contribution is -2.15. The highest BCUT2D eigenvalue weighted by molar-refractivity contribution is 6.07. The average molecular weight is 245 g/mol. The Balaban J connectivity index is 2.24. The molecule has 1 amide bonds. The van der Waals surface area contributed by atoms with Crippen molar-refractivity contribution in [3.63, 3.8) is 0 Å². The molecule has 0 radical (unpaired) electrons. The number of aromatic nitrogens is 1. The highest BCUT2D eigenvalue weighted by atomic mass is 19.1. The van der Waals surface area contributed by atoms with E-state index in [1.807, 2.05) is 0 Å². The number of nitrogens with zero attached hydrogens (tertiary/aromatic N) is 1. The maximum absolute atomic E-state index is 13.6. The third-order valence-corrected chi connectivity index (χ3v) is 2.47. The van der Waals surface area contributed by atoms with Crippen LogP contribution >= 0.6 is 0 Å². The van der Waals surface area contributed by atoms with Crippen LogP contribution in [0.25, 0.3) is 0 Å². The van der Waals surface area contributed by atoms with Crippen molar-refractivity contribution in [1.29, 1.82) is 0 Å². The zero-order valence-electron chi connectivity index (χ0n) is 9.77. The highest BCUT2D eigenvalue weighted by Gasteiger charge is 2.11. The van der Waals surface area contributed by atoms with Crippen molar-refractivity contribution in [2.75, 3.05) is 11.1 Å². The second-order valence-corrected chi connectivity index (χ2v) is 3.90. The summed E-state index contributed by atoms with van der Waals surface area (Å²) >= 11 is 0. The molecular weight excluding hydrogens is 233 g/mol. The van der Waals surface area contributed by atoms with Crippen molar-refractivity contribution >= 4 is 17.3 Å². The van der Waals surface area contributed by atoms with Gasteiger partial charge in [-0.05, 0) is 30.7 Å². The van der Waals surface area contributed by atoms with E-state index in [1.165, 1.54) is 30.6 Å². The molecule has 0 unspecified atom stereocenters. The Morgan fingerprint density at radius 1 is 1.39 bits per heavy atom. The van der Waals surface area contributed by atoms with Gasteiger partial charge in [-0.25, -0.2) is 4.39 Å². The lowest BCUT2D eigenvalue weighted by Gasteiger charge is -2.08. The molecule has 2 rings (SSSR count). The smallest absolute Gasteiger partial charge is 0.257 e.